The molecule has 51 heavy (non-hydrogen) atoms. The molecule has 2 heterocycles. The summed E-state index contributed by atoms with van der Waals surface area (Å²) in [6, 6.07) is 68.1. The maximum absolute atomic E-state index is 4.53. The van der Waals surface area contributed by atoms with E-state index < -0.39 is 0 Å². The van der Waals surface area contributed by atoms with Gasteiger partial charge >= 0.3 is 0 Å². The summed E-state index contributed by atoms with van der Waals surface area (Å²) in [6.07, 6.45) is 1.84. The summed E-state index contributed by atoms with van der Waals surface area (Å²) < 4.78 is 2.37. The van der Waals surface area contributed by atoms with Crippen molar-refractivity contribution in [3.63, 3.8) is 0 Å². The second-order valence-electron chi connectivity index (χ2n) is 13.3. The number of rotatable bonds is 5. The van der Waals surface area contributed by atoms with Crippen LogP contribution in [0.4, 0.5) is 0 Å². The van der Waals surface area contributed by atoms with Crippen molar-refractivity contribution in [3.05, 3.63) is 194 Å². The van der Waals surface area contributed by atoms with Gasteiger partial charge in [-0.05, 0) is 116 Å². The number of hydrogen-bond acceptors (Lipinski definition) is 1. The Morgan fingerprint density at radius 3 is 1.49 bits per heavy atom. The Kier molecular flexibility index (Phi) is 6.85. The van der Waals surface area contributed by atoms with Gasteiger partial charge in [0.1, 0.15) is 0 Å². The first-order chi connectivity index (χ1) is 25.2. The van der Waals surface area contributed by atoms with Crippen molar-refractivity contribution in [1.29, 1.82) is 0 Å². The highest BCUT2D eigenvalue weighted by Gasteiger charge is 2.14. The van der Waals surface area contributed by atoms with Gasteiger partial charge in [0.25, 0.3) is 0 Å². The van der Waals surface area contributed by atoms with Crippen LogP contribution >= 0.6 is 0 Å². The number of nitrogens with zero attached hydrogens (tertiary/aromatic N) is 2. The van der Waals surface area contributed by atoms with Gasteiger partial charge in [0.05, 0.1) is 16.7 Å². The van der Waals surface area contributed by atoms with E-state index >= 15 is 0 Å². The van der Waals surface area contributed by atoms with Crippen molar-refractivity contribution < 1.29 is 0 Å². The summed E-state index contributed by atoms with van der Waals surface area (Å²) in [5.74, 6) is 0. The molecule has 0 N–H and O–H groups in total. The molecule has 8 aromatic carbocycles. The van der Waals surface area contributed by atoms with Gasteiger partial charge < -0.3 is 4.57 Å². The Balaban J connectivity index is 0.956. The molecule has 0 aliphatic carbocycles. The standard InChI is InChI=1S/C49H32N2/c1-2-8-37-29-39(17-16-33(37)7-1)42-21-20-40-30-38(18-19-41(40)31-42)34-12-14-35(15-13-34)43-24-27-49-46(32-43)45-9-3-4-11-48(45)51(49)44-25-22-36(23-26-44)47-10-5-6-28-50-47/h1-32H. The van der Waals surface area contributed by atoms with Crippen molar-refractivity contribution in [2.24, 2.45) is 0 Å². The molecule has 0 aliphatic heterocycles. The monoisotopic (exact) mass is 648 g/mol. The van der Waals surface area contributed by atoms with E-state index in [1.54, 1.807) is 0 Å². The first kappa shape index (κ1) is 29.2. The molecule has 2 aromatic heterocycles. The molecule has 0 fully saturated rings. The van der Waals surface area contributed by atoms with Crippen LogP contribution in [0.3, 0.4) is 0 Å². The van der Waals surface area contributed by atoms with E-state index in [4.69, 9.17) is 0 Å². The molecule has 0 bridgehead atoms. The zero-order valence-corrected chi connectivity index (χ0v) is 27.9. The van der Waals surface area contributed by atoms with Crippen molar-refractivity contribution in [2.45, 2.75) is 0 Å². The van der Waals surface area contributed by atoms with Crippen LogP contribution < -0.4 is 0 Å². The van der Waals surface area contributed by atoms with Gasteiger partial charge in [0, 0.05) is 28.2 Å². The lowest BCUT2D eigenvalue weighted by Gasteiger charge is -2.10. The molecule has 2 nitrogen and oxygen atoms in total. The molecule has 238 valence electrons. The molecule has 0 aliphatic rings. The third kappa shape index (κ3) is 5.17. The lowest BCUT2D eigenvalue weighted by Crippen LogP contribution is -1.94. The van der Waals surface area contributed by atoms with Gasteiger partial charge in [-0.1, -0.05) is 127 Å². The van der Waals surface area contributed by atoms with Crippen LogP contribution in [0.25, 0.3) is 93.7 Å². The highest BCUT2D eigenvalue weighted by Crippen LogP contribution is 2.36. The molecular formula is C49H32N2. The maximum atomic E-state index is 4.53. The fourth-order valence-corrected chi connectivity index (χ4v) is 7.57. The Morgan fingerprint density at radius 1 is 0.314 bits per heavy atom. The average Bonchev–Trinajstić information content (AvgIpc) is 3.54. The summed E-state index contributed by atoms with van der Waals surface area (Å²) in [4.78, 5) is 4.53. The Morgan fingerprint density at radius 2 is 0.804 bits per heavy atom. The van der Waals surface area contributed by atoms with Gasteiger partial charge in [-0.15, -0.1) is 0 Å². The lowest BCUT2D eigenvalue weighted by atomic mass is 9.95. The smallest absolute Gasteiger partial charge is 0.0701 e. The average molecular weight is 649 g/mol. The normalized spacial score (nSPS) is 11.5. The van der Waals surface area contributed by atoms with Crippen LogP contribution in [0.1, 0.15) is 0 Å². The third-order valence-electron chi connectivity index (χ3n) is 10.2. The second kappa shape index (κ2) is 12.0. The predicted molar refractivity (Wildman–Crippen MR) is 215 cm³/mol. The van der Waals surface area contributed by atoms with Crippen LogP contribution in [0.5, 0.6) is 0 Å². The SMILES string of the molecule is c1ccc(-c2ccc(-n3c4ccccc4c4cc(-c5ccc(-c6ccc7cc(-c8ccc9ccccc9c8)ccc7c6)cc5)ccc43)cc2)nc1. The molecule has 0 saturated carbocycles. The fraction of sp³-hybridized carbons (Fsp3) is 0. The van der Waals surface area contributed by atoms with E-state index in [9.17, 15) is 0 Å². The number of para-hydroxylation sites is 1. The summed E-state index contributed by atoms with van der Waals surface area (Å²) in [7, 11) is 0. The molecule has 10 aromatic rings. The highest BCUT2D eigenvalue weighted by atomic mass is 15.0. The number of hydrogen-bond donors (Lipinski definition) is 0. The Labute approximate surface area is 296 Å². The van der Waals surface area contributed by atoms with Crippen molar-refractivity contribution in [2.75, 3.05) is 0 Å². The zero-order valence-electron chi connectivity index (χ0n) is 27.9. The molecular weight excluding hydrogens is 617 g/mol. The van der Waals surface area contributed by atoms with Crippen LogP contribution in [0.2, 0.25) is 0 Å². The van der Waals surface area contributed by atoms with Crippen LogP contribution in [-0.4, -0.2) is 9.55 Å². The molecule has 10 rings (SSSR count). The highest BCUT2D eigenvalue weighted by molar-refractivity contribution is 6.10. The van der Waals surface area contributed by atoms with Crippen molar-refractivity contribution >= 4 is 43.4 Å². The van der Waals surface area contributed by atoms with Gasteiger partial charge in [0.15, 0.2) is 0 Å². The number of fused-ring (bicyclic) bond motifs is 5. The van der Waals surface area contributed by atoms with E-state index in [1.165, 1.54) is 76.7 Å². The van der Waals surface area contributed by atoms with Crippen molar-refractivity contribution in [3.8, 4) is 50.3 Å². The summed E-state index contributed by atoms with van der Waals surface area (Å²) in [5, 5.41) is 7.53. The lowest BCUT2D eigenvalue weighted by molar-refractivity contribution is 1.18. The van der Waals surface area contributed by atoms with Gasteiger partial charge in [-0.3, -0.25) is 4.98 Å². The molecule has 0 radical (unpaired) electrons. The minimum absolute atomic E-state index is 0.981. The first-order valence-electron chi connectivity index (χ1n) is 17.4. The molecule has 0 amide bonds. The molecule has 0 saturated heterocycles. The van der Waals surface area contributed by atoms with E-state index in [-0.39, 0.29) is 0 Å². The predicted octanol–water partition coefficient (Wildman–Crippen LogP) is 13.2. The number of pyridine rings is 1. The van der Waals surface area contributed by atoms with Gasteiger partial charge in [0.2, 0.25) is 0 Å². The molecule has 0 spiro atoms. The second-order valence-corrected chi connectivity index (χ2v) is 13.3. The van der Waals surface area contributed by atoms with Crippen molar-refractivity contribution in [1.82, 2.24) is 9.55 Å². The van der Waals surface area contributed by atoms with Gasteiger partial charge in [-0.2, -0.15) is 0 Å². The largest absolute Gasteiger partial charge is 0.309 e. The van der Waals surface area contributed by atoms with E-state index in [0.717, 1.165) is 16.9 Å². The number of aromatic nitrogens is 2. The summed E-state index contributed by atoms with van der Waals surface area (Å²) in [6.45, 7) is 0. The van der Waals surface area contributed by atoms with Crippen LogP contribution in [0, 0.1) is 0 Å². The van der Waals surface area contributed by atoms with E-state index in [1.807, 2.05) is 24.4 Å². The van der Waals surface area contributed by atoms with E-state index in [0.29, 0.717) is 0 Å². The minimum Gasteiger partial charge on any atom is -0.309 e. The number of benzene rings is 8. The van der Waals surface area contributed by atoms with E-state index in [2.05, 4.69) is 179 Å². The summed E-state index contributed by atoms with van der Waals surface area (Å²) in [5.41, 5.74) is 13.0. The molecule has 2 heteroatoms. The third-order valence-corrected chi connectivity index (χ3v) is 10.2. The molecule has 0 unspecified atom stereocenters. The van der Waals surface area contributed by atoms with Crippen LogP contribution in [-0.2, 0) is 0 Å². The first-order valence-corrected chi connectivity index (χ1v) is 17.4. The topological polar surface area (TPSA) is 17.8 Å². The summed E-state index contributed by atoms with van der Waals surface area (Å²) >= 11 is 0. The zero-order chi connectivity index (χ0) is 33.7. The molecule has 0 atom stereocenters. The van der Waals surface area contributed by atoms with Gasteiger partial charge in [-0.25, -0.2) is 0 Å². The van der Waals surface area contributed by atoms with Crippen LogP contribution in [0.15, 0.2) is 194 Å². The Hall–Kier alpha value is -6.77. The quantitative estimate of drug-likeness (QED) is 0.182. The minimum atomic E-state index is 0.981. The Bertz CT molecular complexity index is 2880. The maximum Gasteiger partial charge on any atom is 0.0701 e. The fourth-order valence-electron chi connectivity index (χ4n) is 7.57.